The highest BCUT2D eigenvalue weighted by Crippen LogP contribution is 2.43. The van der Waals surface area contributed by atoms with Gasteiger partial charge in [0.2, 0.25) is 0 Å². The van der Waals surface area contributed by atoms with Crippen molar-refractivity contribution in [1.29, 1.82) is 0 Å². The molecule has 2 atom stereocenters. The fraction of sp³-hybridized carbons (Fsp3) is 0.812. The van der Waals surface area contributed by atoms with Gasteiger partial charge in [-0.1, -0.05) is 39.0 Å². The molecule has 114 valence electrons. The highest BCUT2D eigenvalue weighted by molar-refractivity contribution is 7.15. The van der Waals surface area contributed by atoms with Crippen molar-refractivity contribution in [3.8, 4) is 0 Å². The monoisotopic (exact) mass is 295 g/mol. The van der Waals surface area contributed by atoms with Crippen LogP contribution in [0.2, 0.25) is 0 Å². The lowest BCUT2D eigenvalue weighted by Gasteiger charge is -2.32. The standard InChI is InChI=1S/C16H29N3S/c1-10(2)7-11(3)19(6)15-18-13-9-16(4,5)8-12(17)14(13)20-15/h10-12H,7-9,17H2,1-6H3. The number of nitrogens with two attached hydrogens (primary N) is 1. The summed E-state index contributed by atoms with van der Waals surface area (Å²) < 4.78 is 0. The van der Waals surface area contributed by atoms with Crippen LogP contribution in [0, 0.1) is 11.3 Å². The Morgan fingerprint density at radius 2 is 2.05 bits per heavy atom. The topological polar surface area (TPSA) is 42.2 Å². The number of hydrogen-bond acceptors (Lipinski definition) is 4. The van der Waals surface area contributed by atoms with Crippen LogP contribution in [-0.4, -0.2) is 18.1 Å². The number of hydrogen-bond donors (Lipinski definition) is 1. The number of fused-ring (bicyclic) bond motifs is 1. The Labute approximate surface area is 127 Å². The van der Waals surface area contributed by atoms with Gasteiger partial charge in [-0.2, -0.15) is 0 Å². The first-order valence-electron chi connectivity index (χ1n) is 7.67. The van der Waals surface area contributed by atoms with Gasteiger partial charge in [0.25, 0.3) is 0 Å². The summed E-state index contributed by atoms with van der Waals surface area (Å²) in [5, 5.41) is 1.14. The Morgan fingerprint density at radius 3 is 2.65 bits per heavy atom. The molecule has 2 unspecified atom stereocenters. The summed E-state index contributed by atoms with van der Waals surface area (Å²) in [6.07, 6.45) is 3.31. The summed E-state index contributed by atoms with van der Waals surface area (Å²) in [5.41, 5.74) is 7.86. The average molecular weight is 295 g/mol. The first kappa shape index (κ1) is 15.8. The zero-order valence-corrected chi connectivity index (χ0v) is 14.5. The Bertz CT molecular complexity index is 464. The van der Waals surface area contributed by atoms with Gasteiger partial charge < -0.3 is 10.6 Å². The Balaban J connectivity index is 2.20. The van der Waals surface area contributed by atoms with Crippen LogP contribution in [0.1, 0.15) is 64.1 Å². The predicted molar refractivity (Wildman–Crippen MR) is 88.5 cm³/mol. The van der Waals surface area contributed by atoms with Crippen LogP contribution >= 0.6 is 11.3 Å². The third-order valence-electron chi connectivity index (χ3n) is 4.25. The van der Waals surface area contributed by atoms with Crippen molar-refractivity contribution in [2.45, 2.75) is 66.0 Å². The first-order valence-corrected chi connectivity index (χ1v) is 8.49. The summed E-state index contributed by atoms with van der Waals surface area (Å²) >= 11 is 1.80. The van der Waals surface area contributed by atoms with E-state index in [4.69, 9.17) is 10.7 Å². The molecule has 1 aliphatic rings. The van der Waals surface area contributed by atoms with E-state index in [0.717, 1.165) is 18.0 Å². The number of aromatic nitrogens is 1. The second-order valence-corrected chi connectivity index (χ2v) is 8.56. The average Bonchev–Trinajstić information content (AvgIpc) is 2.69. The van der Waals surface area contributed by atoms with E-state index < -0.39 is 0 Å². The molecule has 0 saturated heterocycles. The lowest BCUT2D eigenvalue weighted by molar-refractivity contribution is 0.282. The fourth-order valence-electron chi connectivity index (χ4n) is 3.16. The van der Waals surface area contributed by atoms with Gasteiger partial charge in [-0.05, 0) is 37.5 Å². The molecule has 1 aliphatic carbocycles. The minimum Gasteiger partial charge on any atom is -0.348 e. The summed E-state index contributed by atoms with van der Waals surface area (Å²) in [6.45, 7) is 11.4. The summed E-state index contributed by atoms with van der Waals surface area (Å²) in [4.78, 5) is 8.52. The molecule has 0 fully saturated rings. The maximum atomic E-state index is 6.34. The smallest absolute Gasteiger partial charge is 0.185 e. The van der Waals surface area contributed by atoms with Crippen LogP contribution < -0.4 is 10.6 Å². The fourth-order valence-corrected chi connectivity index (χ4v) is 4.31. The minimum atomic E-state index is 0.161. The molecule has 20 heavy (non-hydrogen) atoms. The molecular formula is C16H29N3S. The quantitative estimate of drug-likeness (QED) is 0.913. The van der Waals surface area contributed by atoms with Crippen molar-refractivity contribution in [2.24, 2.45) is 17.1 Å². The summed E-state index contributed by atoms with van der Waals surface area (Å²) in [6, 6.07) is 0.681. The zero-order valence-electron chi connectivity index (χ0n) is 13.7. The number of nitrogens with zero attached hydrogens (tertiary/aromatic N) is 2. The lowest BCUT2D eigenvalue weighted by atomic mass is 9.77. The van der Waals surface area contributed by atoms with Gasteiger partial charge >= 0.3 is 0 Å². The van der Waals surface area contributed by atoms with Gasteiger partial charge in [-0.15, -0.1) is 0 Å². The van der Waals surface area contributed by atoms with E-state index in [9.17, 15) is 0 Å². The molecule has 1 aromatic rings. The van der Waals surface area contributed by atoms with Crippen molar-refractivity contribution < 1.29 is 0 Å². The largest absolute Gasteiger partial charge is 0.348 e. The van der Waals surface area contributed by atoms with E-state index in [1.165, 1.54) is 17.0 Å². The highest BCUT2D eigenvalue weighted by Gasteiger charge is 2.33. The molecule has 0 spiro atoms. The zero-order chi connectivity index (χ0) is 15.1. The molecule has 1 aromatic heterocycles. The number of thiazole rings is 1. The molecule has 0 aromatic carbocycles. The maximum absolute atomic E-state index is 6.34. The van der Waals surface area contributed by atoms with Crippen molar-refractivity contribution in [2.75, 3.05) is 11.9 Å². The van der Waals surface area contributed by atoms with Gasteiger partial charge in [0, 0.05) is 24.0 Å². The molecule has 2 rings (SSSR count). The van der Waals surface area contributed by atoms with Crippen LogP contribution in [0.4, 0.5) is 5.13 Å². The maximum Gasteiger partial charge on any atom is 0.185 e. The van der Waals surface area contributed by atoms with Crippen molar-refractivity contribution in [3.05, 3.63) is 10.6 Å². The molecular weight excluding hydrogens is 266 g/mol. The van der Waals surface area contributed by atoms with E-state index in [2.05, 4.69) is 46.6 Å². The van der Waals surface area contributed by atoms with E-state index in [-0.39, 0.29) is 11.5 Å². The highest BCUT2D eigenvalue weighted by atomic mass is 32.1. The van der Waals surface area contributed by atoms with Crippen molar-refractivity contribution >= 4 is 16.5 Å². The minimum absolute atomic E-state index is 0.161. The van der Waals surface area contributed by atoms with Gasteiger partial charge in [0.15, 0.2) is 5.13 Å². The van der Waals surface area contributed by atoms with Crippen LogP contribution in [0.15, 0.2) is 0 Å². The van der Waals surface area contributed by atoms with Gasteiger partial charge in [0.05, 0.1) is 5.69 Å². The SMILES string of the molecule is CC(C)CC(C)N(C)c1nc2c(s1)C(N)CC(C)(C)C2. The van der Waals surface area contributed by atoms with Crippen LogP contribution in [-0.2, 0) is 6.42 Å². The molecule has 0 radical (unpaired) electrons. The lowest BCUT2D eigenvalue weighted by Crippen LogP contribution is -2.30. The molecule has 0 aliphatic heterocycles. The van der Waals surface area contributed by atoms with Gasteiger partial charge in [-0.3, -0.25) is 0 Å². The van der Waals surface area contributed by atoms with Gasteiger partial charge in [-0.25, -0.2) is 4.98 Å². The molecule has 0 bridgehead atoms. The Morgan fingerprint density at radius 1 is 1.40 bits per heavy atom. The van der Waals surface area contributed by atoms with Crippen LogP contribution in [0.3, 0.4) is 0 Å². The van der Waals surface area contributed by atoms with Crippen LogP contribution in [0.25, 0.3) is 0 Å². The Kier molecular flexibility index (Phi) is 4.45. The normalized spacial score (nSPS) is 22.7. The number of anilines is 1. The molecule has 0 amide bonds. The van der Waals surface area contributed by atoms with E-state index >= 15 is 0 Å². The van der Waals surface area contributed by atoms with Crippen molar-refractivity contribution in [3.63, 3.8) is 0 Å². The predicted octanol–water partition coefficient (Wildman–Crippen LogP) is 3.99. The van der Waals surface area contributed by atoms with Gasteiger partial charge in [0.1, 0.15) is 0 Å². The number of rotatable bonds is 4. The second-order valence-electron chi connectivity index (χ2n) is 7.55. The third kappa shape index (κ3) is 3.34. The van der Waals surface area contributed by atoms with E-state index in [0.29, 0.717) is 12.0 Å². The Hall–Kier alpha value is -0.610. The molecule has 3 nitrogen and oxygen atoms in total. The van der Waals surface area contributed by atoms with Crippen LogP contribution in [0.5, 0.6) is 0 Å². The molecule has 2 N–H and O–H groups in total. The molecule has 0 saturated carbocycles. The van der Waals surface area contributed by atoms with Crippen molar-refractivity contribution in [1.82, 2.24) is 4.98 Å². The third-order valence-corrected chi connectivity index (χ3v) is 5.57. The summed E-state index contributed by atoms with van der Waals surface area (Å²) in [7, 11) is 2.16. The molecule has 1 heterocycles. The van der Waals surface area contributed by atoms with E-state index in [1.807, 2.05) is 0 Å². The van der Waals surface area contributed by atoms with E-state index in [1.54, 1.807) is 11.3 Å². The summed E-state index contributed by atoms with van der Waals surface area (Å²) in [5.74, 6) is 0.711. The molecule has 4 heteroatoms. The first-order chi connectivity index (χ1) is 9.19. The second kappa shape index (κ2) is 5.64.